The molecule has 5 heteroatoms. The molecule has 0 aliphatic carbocycles. The van der Waals surface area contributed by atoms with Crippen molar-refractivity contribution >= 4 is 22.5 Å². The number of hydrogen-bond donors (Lipinski definition) is 2. The molecule has 0 fully saturated rings. The minimum absolute atomic E-state index is 0.108. The van der Waals surface area contributed by atoms with Crippen LogP contribution in [-0.4, -0.2) is 16.1 Å². The number of amides is 1. The van der Waals surface area contributed by atoms with E-state index in [4.69, 9.17) is 4.42 Å². The second-order valence-corrected chi connectivity index (χ2v) is 3.98. The molecule has 0 atom stereocenters. The quantitative estimate of drug-likeness (QED) is 0.739. The van der Waals surface area contributed by atoms with Crippen LogP contribution in [0, 0.1) is 0 Å². The number of fused-ring (bicyclic) bond motifs is 1. The largest absolute Gasteiger partial charge is 0.469 e. The second kappa shape index (κ2) is 4.37. The van der Waals surface area contributed by atoms with E-state index in [9.17, 15) is 4.79 Å². The Morgan fingerprint density at radius 2 is 2.33 bits per heavy atom. The number of H-pyrrole nitrogens is 1. The highest BCUT2D eigenvalue weighted by molar-refractivity contribution is 5.94. The van der Waals surface area contributed by atoms with Gasteiger partial charge in [-0.2, -0.15) is 5.10 Å². The lowest BCUT2D eigenvalue weighted by Crippen LogP contribution is -2.13. The molecule has 1 amide bonds. The van der Waals surface area contributed by atoms with Crippen LogP contribution in [0.1, 0.15) is 5.76 Å². The van der Waals surface area contributed by atoms with Crippen molar-refractivity contribution in [2.75, 3.05) is 5.32 Å². The maximum atomic E-state index is 11.8. The summed E-state index contributed by atoms with van der Waals surface area (Å²) in [5.74, 6) is 0.541. The Morgan fingerprint density at radius 3 is 3.17 bits per heavy atom. The average molecular weight is 241 g/mol. The first-order chi connectivity index (χ1) is 8.81. The highest BCUT2D eigenvalue weighted by Crippen LogP contribution is 2.16. The molecule has 0 saturated carbocycles. The van der Waals surface area contributed by atoms with Gasteiger partial charge in [-0.15, -0.1) is 0 Å². The first-order valence-corrected chi connectivity index (χ1v) is 5.56. The van der Waals surface area contributed by atoms with Gasteiger partial charge in [-0.1, -0.05) is 0 Å². The second-order valence-electron chi connectivity index (χ2n) is 3.98. The fourth-order valence-electron chi connectivity index (χ4n) is 1.79. The summed E-state index contributed by atoms with van der Waals surface area (Å²) in [6.45, 7) is 0. The topological polar surface area (TPSA) is 70.9 Å². The van der Waals surface area contributed by atoms with Crippen LogP contribution in [0.5, 0.6) is 0 Å². The zero-order valence-corrected chi connectivity index (χ0v) is 9.51. The van der Waals surface area contributed by atoms with Gasteiger partial charge in [-0.3, -0.25) is 9.89 Å². The minimum Gasteiger partial charge on any atom is -0.469 e. The normalized spacial score (nSPS) is 10.7. The van der Waals surface area contributed by atoms with Crippen LogP contribution in [0.25, 0.3) is 10.9 Å². The van der Waals surface area contributed by atoms with Crippen molar-refractivity contribution < 1.29 is 9.21 Å². The number of furan rings is 1. The summed E-state index contributed by atoms with van der Waals surface area (Å²) in [5.41, 5.74) is 1.63. The summed E-state index contributed by atoms with van der Waals surface area (Å²) in [5, 5.41) is 10.6. The molecule has 3 rings (SSSR count). The first-order valence-electron chi connectivity index (χ1n) is 5.56. The summed E-state index contributed by atoms with van der Waals surface area (Å²) in [6, 6.07) is 9.14. The molecule has 0 spiro atoms. The Balaban J connectivity index is 1.73. The fourth-order valence-corrected chi connectivity index (χ4v) is 1.79. The van der Waals surface area contributed by atoms with Crippen molar-refractivity contribution in [2.24, 2.45) is 0 Å². The maximum Gasteiger partial charge on any atom is 0.231 e. The third-order valence-corrected chi connectivity index (χ3v) is 2.64. The first kappa shape index (κ1) is 10.6. The van der Waals surface area contributed by atoms with Gasteiger partial charge in [0.05, 0.1) is 24.4 Å². The lowest BCUT2D eigenvalue weighted by atomic mass is 10.2. The number of anilines is 1. The van der Waals surface area contributed by atoms with Gasteiger partial charge in [-0.25, -0.2) is 0 Å². The molecular weight excluding hydrogens is 230 g/mol. The number of aromatic amines is 1. The SMILES string of the molecule is O=C(Cc1ccco1)Nc1ccc2cn[nH]c2c1. The number of aromatic nitrogens is 2. The van der Waals surface area contributed by atoms with Crippen LogP contribution in [0.2, 0.25) is 0 Å². The highest BCUT2D eigenvalue weighted by Gasteiger charge is 2.06. The lowest BCUT2D eigenvalue weighted by molar-refractivity contribution is -0.115. The van der Waals surface area contributed by atoms with E-state index in [0.29, 0.717) is 5.76 Å². The third-order valence-electron chi connectivity index (χ3n) is 2.64. The van der Waals surface area contributed by atoms with E-state index in [1.807, 2.05) is 18.2 Å². The Morgan fingerprint density at radius 1 is 1.39 bits per heavy atom. The molecule has 2 heterocycles. The molecule has 5 nitrogen and oxygen atoms in total. The maximum absolute atomic E-state index is 11.8. The van der Waals surface area contributed by atoms with Crippen molar-refractivity contribution in [1.29, 1.82) is 0 Å². The molecule has 0 radical (unpaired) electrons. The summed E-state index contributed by atoms with van der Waals surface area (Å²) in [7, 11) is 0. The monoisotopic (exact) mass is 241 g/mol. The molecule has 0 aliphatic rings. The van der Waals surface area contributed by atoms with Gasteiger partial charge in [0.1, 0.15) is 5.76 Å². The van der Waals surface area contributed by atoms with E-state index < -0.39 is 0 Å². The van der Waals surface area contributed by atoms with Crippen LogP contribution in [0.15, 0.2) is 47.2 Å². The Bertz CT molecular complexity index is 670. The molecule has 3 aromatic rings. The van der Waals surface area contributed by atoms with Crippen molar-refractivity contribution in [1.82, 2.24) is 10.2 Å². The minimum atomic E-state index is -0.108. The van der Waals surface area contributed by atoms with E-state index in [1.165, 1.54) is 0 Å². The van der Waals surface area contributed by atoms with E-state index in [2.05, 4.69) is 15.5 Å². The molecule has 2 N–H and O–H groups in total. The van der Waals surface area contributed by atoms with Crippen molar-refractivity contribution in [2.45, 2.75) is 6.42 Å². The predicted octanol–water partition coefficient (Wildman–Crippen LogP) is 2.34. The van der Waals surface area contributed by atoms with Gasteiger partial charge >= 0.3 is 0 Å². The van der Waals surface area contributed by atoms with Crippen LogP contribution in [-0.2, 0) is 11.2 Å². The molecule has 0 unspecified atom stereocenters. The van der Waals surface area contributed by atoms with Gasteiger partial charge in [0, 0.05) is 11.1 Å². The molecule has 2 aromatic heterocycles. The van der Waals surface area contributed by atoms with E-state index in [-0.39, 0.29) is 12.3 Å². The van der Waals surface area contributed by atoms with E-state index >= 15 is 0 Å². The van der Waals surface area contributed by atoms with Gasteiger partial charge in [-0.05, 0) is 30.3 Å². The van der Waals surface area contributed by atoms with Crippen LogP contribution < -0.4 is 5.32 Å². The predicted molar refractivity (Wildman–Crippen MR) is 67.1 cm³/mol. The van der Waals surface area contributed by atoms with Crippen LogP contribution in [0.4, 0.5) is 5.69 Å². The van der Waals surface area contributed by atoms with Crippen molar-refractivity contribution in [3.63, 3.8) is 0 Å². The lowest BCUT2D eigenvalue weighted by Gasteiger charge is -2.03. The Hall–Kier alpha value is -2.56. The molecule has 0 saturated heterocycles. The third kappa shape index (κ3) is 2.10. The van der Waals surface area contributed by atoms with E-state index in [0.717, 1.165) is 16.6 Å². The summed E-state index contributed by atoms with van der Waals surface area (Å²) in [6.07, 6.45) is 3.52. The fraction of sp³-hybridized carbons (Fsp3) is 0.0769. The Labute approximate surface area is 103 Å². The van der Waals surface area contributed by atoms with Crippen molar-refractivity contribution in [3.05, 3.63) is 48.6 Å². The summed E-state index contributed by atoms with van der Waals surface area (Å²) < 4.78 is 5.12. The summed E-state index contributed by atoms with van der Waals surface area (Å²) >= 11 is 0. The zero-order valence-electron chi connectivity index (χ0n) is 9.51. The number of carbonyl (C=O) groups excluding carboxylic acids is 1. The molecular formula is C13H11N3O2. The number of rotatable bonds is 3. The number of carbonyl (C=O) groups is 1. The number of nitrogens with one attached hydrogen (secondary N) is 2. The highest BCUT2D eigenvalue weighted by atomic mass is 16.3. The van der Waals surface area contributed by atoms with Crippen molar-refractivity contribution in [3.8, 4) is 0 Å². The molecule has 0 aliphatic heterocycles. The summed E-state index contributed by atoms with van der Waals surface area (Å²) in [4.78, 5) is 11.8. The standard InChI is InChI=1S/C13H11N3O2/c17-13(7-11-2-1-5-18-11)15-10-4-3-9-8-14-16-12(9)6-10/h1-6,8H,7H2,(H,14,16)(H,15,17). The van der Waals surface area contributed by atoms with Crippen LogP contribution in [0.3, 0.4) is 0 Å². The molecule has 18 heavy (non-hydrogen) atoms. The van der Waals surface area contributed by atoms with Gasteiger partial charge < -0.3 is 9.73 Å². The van der Waals surface area contributed by atoms with E-state index in [1.54, 1.807) is 24.6 Å². The molecule has 90 valence electrons. The van der Waals surface area contributed by atoms with Gasteiger partial charge in [0.15, 0.2) is 0 Å². The molecule has 1 aromatic carbocycles. The molecule has 0 bridgehead atoms. The van der Waals surface area contributed by atoms with Gasteiger partial charge in [0.2, 0.25) is 5.91 Å². The van der Waals surface area contributed by atoms with Crippen LogP contribution >= 0.6 is 0 Å². The number of hydrogen-bond acceptors (Lipinski definition) is 3. The van der Waals surface area contributed by atoms with Gasteiger partial charge in [0.25, 0.3) is 0 Å². The Kier molecular flexibility index (Phi) is 2.57. The zero-order chi connectivity index (χ0) is 12.4. The number of benzene rings is 1. The smallest absolute Gasteiger partial charge is 0.231 e. The average Bonchev–Trinajstić information content (AvgIpc) is 2.98. The number of nitrogens with zero attached hydrogens (tertiary/aromatic N) is 1.